The van der Waals surface area contributed by atoms with Crippen molar-refractivity contribution < 1.29 is 33.0 Å². The average Bonchev–Trinajstić information content (AvgIpc) is 3.02. The van der Waals surface area contributed by atoms with Gasteiger partial charge in [-0.3, -0.25) is 19.0 Å². The van der Waals surface area contributed by atoms with E-state index in [-0.39, 0.29) is 5.82 Å². The van der Waals surface area contributed by atoms with E-state index in [4.69, 9.17) is 14.2 Å². The number of nitrogens with zero attached hydrogens (tertiary/aromatic N) is 2. The van der Waals surface area contributed by atoms with E-state index in [1.807, 2.05) is 0 Å². The van der Waals surface area contributed by atoms with E-state index >= 15 is 0 Å². The Kier molecular flexibility index (Phi) is 6.75. The third-order valence-electron chi connectivity index (χ3n) is 4.40. The lowest BCUT2D eigenvalue weighted by atomic mass is 10.1. The number of rotatable bonds is 6. The number of ether oxygens (including phenoxy) is 3. The predicted molar refractivity (Wildman–Crippen MR) is 104 cm³/mol. The molecule has 1 fully saturated rings. The van der Waals surface area contributed by atoms with Crippen LogP contribution in [0.2, 0.25) is 0 Å². The van der Waals surface area contributed by atoms with Crippen molar-refractivity contribution in [1.82, 2.24) is 9.55 Å². The molecule has 1 amide bonds. The highest BCUT2D eigenvalue weighted by Gasteiger charge is 2.49. The molecule has 3 rings (SSSR count). The first-order valence-electron chi connectivity index (χ1n) is 9.32. The first kappa shape index (κ1) is 22.1. The SMILES string of the molecule is CC(=O)OC[C@H]1OC(n2ccc(NC(=O)c3ccccc3)nc2=O)[C@H](OC(C)=O)[C@H]1F. The topological polar surface area (TPSA) is 126 Å². The standard InChI is InChI=1S/C20H20FN3O7/c1-11(25)29-10-14-16(21)17(30-12(2)26)19(31-14)24-9-8-15(23-20(24)28)22-18(27)13-6-4-3-5-7-13/h3-9,14,16-17,19H,10H2,1-2H3,(H,22,23,27,28)/t14-,16+,17-,19?/m1/s1. The fourth-order valence-corrected chi connectivity index (χ4v) is 3.02. The summed E-state index contributed by atoms with van der Waals surface area (Å²) in [6.45, 7) is 1.82. The summed E-state index contributed by atoms with van der Waals surface area (Å²) in [5, 5.41) is 2.49. The van der Waals surface area contributed by atoms with Crippen LogP contribution in [0.15, 0.2) is 47.4 Å². The highest BCUT2D eigenvalue weighted by molar-refractivity contribution is 6.03. The van der Waals surface area contributed by atoms with Crippen LogP contribution in [0.4, 0.5) is 10.2 Å². The van der Waals surface area contributed by atoms with Gasteiger partial charge in [-0.25, -0.2) is 9.18 Å². The molecule has 1 N–H and O–H groups in total. The van der Waals surface area contributed by atoms with Gasteiger partial charge < -0.3 is 19.5 Å². The van der Waals surface area contributed by atoms with Crippen LogP contribution in [0, 0.1) is 0 Å². The number of hydrogen-bond acceptors (Lipinski definition) is 8. The molecule has 164 valence electrons. The van der Waals surface area contributed by atoms with Gasteiger partial charge in [-0.15, -0.1) is 0 Å². The van der Waals surface area contributed by atoms with Crippen molar-refractivity contribution >= 4 is 23.7 Å². The normalized spacial score (nSPS) is 22.5. The number of alkyl halides is 1. The third-order valence-corrected chi connectivity index (χ3v) is 4.40. The van der Waals surface area contributed by atoms with Gasteiger partial charge in [0.05, 0.1) is 0 Å². The molecule has 4 atom stereocenters. The minimum Gasteiger partial charge on any atom is -0.463 e. The third kappa shape index (κ3) is 5.31. The lowest BCUT2D eigenvalue weighted by Gasteiger charge is -2.20. The number of esters is 2. The molecule has 11 heteroatoms. The van der Waals surface area contributed by atoms with E-state index in [1.54, 1.807) is 30.3 Å². The van der Waals surface area contributed by atoms with Crippen molar-refractivity contribution in [1.29, 1.82) is 0 Å². The van der Waals surface area contributed by atoms with Crippen LogP contribution in [0.5, 0.6) is 0 Å². The van der Waals surface area contributed by atoms with Crippen LogP contribution in [-0.4, -0.2) is 52.4 Å². The van der Waals surface area contributed by atoms with Crippen LogP contribution >= 0.6 is 0 Å². The average molecular weight is 433 g/mol. The van der Waals surface area contributed by atoms with Gasteiger partial charge in [0.15, 0.2) is 18.5 Å². The summed E-state index contributed by atoms with van der Waals surface area (Å²) in [6.07, 6.45) is -4.65. The summed E-state index contributed by atoms with van der Waals surface area (Å²) < 4.78 is 31.0. The monoisotopic (exact) mass is 433 g/mol. The molecule has 31 heavy (non-hydrogen) atoms. The minimum atomic E-state index is -1.85. The van der Waals surface area contributed by atoms with Crippen LogP contribution in [0.3, 0.4) is 0 Å². The second-order valence-electron chi connectivity index (χ2n) is 6.71. The summed E-state index contributed by atoms with van der Waals surface area (Å²) in [6, 6.07) is 9.64. The lowest BCUT2D eigenvalue weighted by Crippen LogP contribution is -2.37. The number of benzene rings is 1. The Labute approximate surface area is 175 Å². The number of hydrogen-bond donors (Lipinski definition) is 1. The molecule has 1 aliphatic rings. The molecule has 2 aromatic rings. The highest BCUT2D eigenvalue weighted by Crippen LogP contribution is 2.33. The summed E-state index contributed by atoms with van der Waals surface area (Å²) in [4.78, 5) is 50.9. The lowest BCUT2D eigenvalue weighted by molar-refractivity contribution is -0.154. The van der Waals surface area contributed by atoms with E-state index in [1.165, 1.54) is 12.3 Å². The Morgan fingerprint density at radius 3 is 2.48 bits per heavy atom. The van der Waals surface area contributed by atoms with E-state index in [2.05, 4.69) is 10.3 Å². The Morgan fingerprint density at radius 1 is 1.16 bits per heavy atom. The second kappa shape index (κ2) is 9.47. The van der Waals surface area contributed by atoms with Crippen LogP contribution in [0.1, 0.15) is 30.4 Å². The van der Waals surface area contributed by atoms with Gasteiger partial charge in [0.1, 0.15) is 18.5 Å². The molecule has 0 radical (unpaired) electrons. The maximum Gasteiger partial charge on any atom is 0.351 e. The number of halogens is 1. The maximum atomic E-state index is 14.8. The second-order valence-corrected chi connectivity index (χ2v) is 6.71. The van der Waals surface area contributed by atoms with Crippen molar-refractivity contribution in [3.05, 3.63) is 58.6 Å². The smallest absolute Gasteiger partial charge is 0.351 e. The number of nitrogens with one attached hydrogen (secondary N) is 1. The van der Waals surface area contributed by atoms with Crippen molar-refractivity contribution in [3.63, 3.8) is 0 Å². The van der Waals surface area contributed by atoms with Crippen molar-refractivity contribution in [2.75, 3.05) is 11.9 Å². The van der Waals surface area contributed by atoms with Gasteiger partial charge in [0.25, 0.3) is 5.91 Å². The number of carbonyl (C=O) groups is 3. The molecule has 1 saturated heterocycles. The van der Waals surface area contributed by atoms with Gasteiger partial charge in [-0.05, 0) is 18.2 Å². The first-order chi connectivity index (χ1) is 14.8. The molecule has 1 unspecified atom stereocenters. The van der Waals surface area contributed by atoms with Gasteiger partial charge in [0, 0.05) is 25.6 Å². The van der Waals surface area contributed by atoms with Crippen LogP contribution in [-0.2, 0) is 23.8 Å². The molecule has 0 bridgehead atoms. The number of aromatic nitrogens is 2. The maximum absolute atomic E-state index is 14.8. The summed E-state index contributed by atoms with van der Waals surface area (Å²) in [5.74, 6) is -1.90. The van der Waals surface area contributed by atoms with E-state index < -0.39 is 54.7 Å². The molecule has 1 aromatic heterocycles. The molecule has 0 aliphatic carbocycles. The largest absolute Gasteiger partial charge is 0.463 e. The quantitative estimate of drug-likeness (QED) is 0.674. The zero-order valence-corrected chi connectivity index (χ0v) is 16.7. The van der Waals surface area contributed by atoms with Crippen LogP contribution in [0.25, 0.3) is 0 Å². The summed E-state index contributed by atoms with van der Waals surface area (Å²) in [7, 11) is 0. The fourth-order valence-electron chi connectivity index (χ4n) is 3.02. The Bertz CT molecular complexity index is 1030. The molecule has 1 aliphatic heterocycles. The van der Waals surface area contributed by atoms with E-state index in [0.29, 0.717) is 5.56 Å². The zero-order valence-electron chi connectivity index (χ0n) is 16.7. The van der Waals surface area contributed by atoms with E-state index in [9.17, 15) is 23.6 Å². The van der Waals surface area contributed by atoms with Gasteiger partial charge >= 0.3 is 17.6 Å². The molecular formula is C20H20FN3O7. The minimum absolute atomic E-state index is 0.0228. The molecule has 0 spiro atoms. The molecule has 10 nitrogen and oxygen atoms in total. The molecular weight excluding hydrogens is 413 g/mol. The number of anilines is 1. The van der Waals surface area contributed by atoms with E-state index in [0.717, 1.165) is 18.4 Å². The fraction of sp³-hybridized carbons (Fsp3) is 0.350. The number of carbonyl (C=O) groups excluding carboxylic acids is 3. The molecule has 1 aromatic carbocycles. The van der Waals surface area contributed by atoms with Crippen LogP contribution < -0.4 is 11.0 Å². The van der Waals surface area contributed by atoms with Gasteiger partial charge in [-0.2, -0.15) is 4.98 Å². The Morgan fingerprint density at radius 2 is 1.87 bits per heavy atom. The van der Waals surface area contributed by atoms with Crippen molar-refractivity contribution in [2.45, 2.75) is 38.5 Å². The first-order valence-corrected chi connectivity index (χ1v) is 9.32. The Balaban J connectivity index is 1.80. The van der Waals surface area contributed by atoms with Gasteiger partial charge in [-0.1, -0.05) is 18.2 Å². The molecule has 0 saturated carbocycles. The number of amides is 1. The summed E-state index contributed by atoms with van der Waals surface area (Å²) in [5.41, 5.74) is -0.496. The summed E-state index contributed by atoms with van der Waals surface area (Å²) >= 11 is 0. The van der Waals surface area contributed by atoms with Crippen molar-refractivity contribution in [3.8, 4) is 0 Å². The highest BCUT2D eigenvalue weighted by atomic mass is 19.1. The Hall–Kier alpha value is -3.60. The van der Waals surface area contributed by atoms with Gasteiger partial charge in [0.2, 0.25) is 0 Å². The zero-order chi connectivity index (χ0) is 22.5. The molecule has 2 heterocycles. The van der Waals surface area contributed by atoms with Crippen molar-refractivity contribution in [2.24, 2.45) is 0 Å². The predicted octanol–water partition coefficient (Wildman–Crippen LogP) is 1.23.